The van der Waals surface area contributed by atoms with Crippen LogP contribution in [-0.2, 0) is 20.0 Å². The van der Waals surface area contributed by atoms with Gasteiger partial charge in [-0.15, -0.1) is 0 Å². The van der Waals surface area contributed by atoms with Gasteiger partial charge in [-0.3, -0.25) is 4.72 Å². The fraction of sp³-hybridized carbons (Fsp3) is 0. The minimum absolute atomic E-state index is 0.0844. The van der Waals surface area contributed by atoms with E-state index in [4.69, 9.17) is 5.14 Å². The van der Waals surface area contributed by atoms with E-state index in [1.807, 2.05) is 0 Å². The van der Waals surface area contributed by atoms with Gasteiger partial charge < -0.3 is 4.98 Å². The van der Waals surface area contributed by atoms with Gasteiger partial charge in [-0.1, -0.05) is 6.07 Å². The molecule has 0 spiro atoms. The van der Waals surface area contributed by atoms with Gasteiger partial charge in [0.15, 0.2) is 5.03 Å². The van der Waals surface area contributed by atoms with Crippen molar-refractivity contribution in [1.29, 1.82) is 0 Å². The lowest BCUT2D eigenvalue weighted by molar-refractivity contribution is 0.595. The molecular formula is C9H10N4O4S2. The fourth-order valence-corrected chi connectivity index (χ4v) is 2.85. The molecule has 0 fully saturated rings. The van der Waals surface area contributed by atoms with Crippen molar-refractivity contribution < 1.29 is 16.8 Å². The molecule has 0 aliphatic carbocycles. The van der Waals surface area contributed by atoms with Crippen molar-refractivity contribution in [3.63, 3.8) is 0 Å². The summed E-state index contributed by atoms with van der Waals surface area (Å²) in [7, 11) is -7.73. The molecule has 0 aliphatic heterocycles. The molecule has 8 nitrogen and oxygen atoms in total. The van der Waals surface area contributed by atoms with Crippen LogP contribution in [0.5, 0.6) is 0 Å². The minimum atomic E-state index is -3.89. The summed E-state index contributed by atoms with van der Waals surface area (Å²) in [5.74, 6) is 0. The van der Waals surface area contributed by atoms with Gasteiger partial charge in [-0.2, -0.15) is 8.42 Å². The number of anilines is 1. The van der Waals surface area contributed by atoms with Crippen LogP contribution in [-0.4, -0.2) is 26.8 Å². The normalized spacial score (nSPS) is 12.3. The Kier molecular flexibility index (Phi) is 3.30. The van der Waals surface area contributed by atoms with Gasteiger partial charge in [-0.25, -0.2) is 18.5 Å². The predicted octanol–water partition coefficient (Wildman–Crippen LogP) is -0.142. The molecule has 4 N–H and O–H groups in total. The van der Waals surface area contributed by atoms with E-state index < -0.39 is 20.0 Å². The van der Waals surface area contributed by atoms with E-state index in [-0.39, 0.29) is 15.6 Å². The maximum absolute atomic E-state index is 11.9. The van der Waals surface area contributed by atoms with Crippen molar-refractivity contribution in [1.82, 2.24) is 9.97 Å². The number of nitrogens with two attached hydrogens (primary N) is 1. The van der Waals surface area contributed by atoms with Gasteiger partial charge in [0.2, 0.25) is 10.0 Å². The summed E-state index contributed by atoms with van der Waals surface area (Å²) in [5.41, 5.74) is 0.0844. The minimum Gasteiger partial charge on any atom is -0.334 e. The molecule has 2 rings (SSSR count). The van der Waals surface area contributed by atoms with Crippen molar-refractivity contribution >= 4 is 25.7 Å². The third kappa shape index (κ3) is 3.10. The first-order chi connectivity index (χ1) is 8.79. The molecule has 0 saturated heterocycles. The largest absolute Gasteiger partial charge is 0.334 e. The van der Waals surface area contributed by atoms with Gasteiger partial charge in [0.05, 0.1) is 23.1 Å². The molecule has 1 aromatic heterocycles. The number of H-pyrrole nitrogens is 1. The molecule has 0 unspecified atom stereocenters. The lowest BCUT2D eigenvalue weighted by atomic mass is 10.3. The van der Waals surface area contributed by atoms with Crippen molar-refractivity contribution in [2.75, 3.05) is 4.72 Å². The smallest absolute Gasteiger partial charge is 0.278 e. The third-order valence-corrected chi connectivity index (χ3v) is 4.40. The van der Waals surface area contributed by atoms with Crippen LogP contribution < -0.4 is 9.86 Å². The molecule has 0 atom stereocenters. The van der Waals surface area contributed by atoms with Gasteiger partial charge in [0.1, 0.15) is 0 Å². The Labute approximate surface area is 109 Å². The van der Waals surface area contributed by atoms with Crippen LogP contribution in [0.3, 0.4) is 0 Å². The van der Waals surface area contributed by atoms with Crippen LogP contribution in [0, 0.1) is 0 Å². The van der Waals surface area contributed by atoms with Crippen LogP contribution in [0.1, 0.15) is 0 Å². The Balaban J connectivity index is 2.35. The van der Waals surface area contributed by atoms with E-state index in [2.05, 4.69) is 14.7 Å². The zero-order valence-electron chi connectivity index (χ0n) is 9.44. The highest BCUT2D eigenvalue weighted by atomic mass is 32.2. The highest BCUT2D eigenvalue weighted by Gasteiger charge is 2.16. The van der Waals surface area contributed by atoms with Gasteiger partial charge in [0, 0.05) is 0 Å². The lowest BCUT2D eigenvalue weighted by Gasteiger charge is -2.07. The second-order valence-electron chi connectivity index (χ2n) is 3.59. The number of aromatic amines is 1. The summed E-state index contributed by atoms with van der Waals surface area (Å²) in [6.07, 6.45) is 2.35. The lowest BCUT2D eigenvalue weighted by Crippen LogP contribution is -2.15. The number of benzene rings is 1. The van der Waals surface area contributed by atoms with Crippen molar-refractivity contribution in [2.24, 2.45) is 5.14 Å². The number of aromatic nitrogens is 2. The summed E-state index contributed by atoms with van der Waals surface area (Å²) in [6, 6.07) is 5.18. The van der Waals surface area contributed by atoms with Crippen LogP contribution >= 0.6 is 0 Å². The van der Waals surface area contributed by atoms with Crippen molar-refractivity contribution in [3.8, 4) is 0 Å². The second kappa shape index (κ2) is 4.64. The molecule has 0 radical (unpaired) electrons. The fourth-order valence-electron chi connectivity index (χ4n) is 1.34. The van der Waals surface area contributed by atoms with E-state index in [0.29, 0.717) is 0 Å². The Morgan fingerprint density at radius 1 is 1.21 bits per heavy atom. The number of rotatable bonds is 4. The summed E-state index contributed by atoms with van der Waals surface area (Å²) in [5, 5.41) is 4.83. The van der Waals surface area contributed by atoms with Crippen LogP contribution in [0.4, 0.5) is 5.69 Å². The Hall–Kier alpha value is -1.91. The number of hydrogen-bond donors (Lipinski definition) is 3. The first-order valence-corrected chi connectivity index (χ1v) is 7.96. The number of hydrogen-bond acceptors (Lipinski definition) is 5. The van der Waals surface area contributed by atoms with E-state index in [0.717, 1.165) is 12.3 Å². The number of sulfonamides is 2. The maximum atomic E-state index is 11.9. The molecule has 0 amide bonds. The summed E-state index contributed by atoms with van der Waals surface area (Å²) >= 11 is 0. The average Bonchev–Trinajstić information content (AvgIpc) is 2.81. The summed E-state index contributed by atoms with van der Waals surface area (Å²) in [6.45, 7) is 0. The standard InChI is InChI=1S/C9H10N4O4S2/c10-18(14,15)8-3-1-2-7(4-8)13-19(16,17)9-5-11-6-12-9/h1-6,13H,(H,11,12)(H2,10,14,15). The molecule has 19 heavy (non-hydrogen) atoms. The van der Waals surface area contributed by atoms with Gasteiger partial charge in [-0.05, 0) is 18.2 Å². The number of imidazole rings is 1. The second-order valence-corrected chi connectivity index (χ2v) is 6.81. The molecule has 2 aromatic rings. The molecular weight excluding hydrogens is 292 g/mol. The zero-order chi connectivity index (χ0) is 14.1. The molecule has 0 bridgehead atoms. The SMILES string of the molecule is NS(=O)(=O)c1cccc(NS(=O)(=O)c2cnc[nH]2)c1. The van der Waals surface area contributed by atoms with Crippen LogP contribution in [0.25, 0.3) is 0 Å². The summed E-state index contributed by atoms with van der Waals surface area (Å²) < 4.78 is 48.3. The highest BCUT2D eigenvalue weighted by molar-refractivity contribution is 7.92. The van der Waals surface area contributed by atoms with Crippen LogP contribution in [0.2, 0.25) is 0 Å². The molecule has 1 aromatic carbocycles. The van der Waals surface area contributed by atoms with Gasteiger partial charge in [0.25, 0.3) is 10.0 Å². The number of primary sulfonamides is 1. The molecule has 102 valence electrons. The first-order valence-electron chi connectivity index (χ1n) is 4.93. The zero-order valence-corrected chi connectivity index (χ0v) is 11.1. The Morgan fingerprint density at radius 2 is 1.95 bits per heavy atom. The van der Waals surface area contributed by atoms with Crippen molar-refractivity contribution in [3.05, 3.63) is 36.8 Å². The third-order valence-electron chi connectivity index (χ3n) is 2.18. The quantitative estimate of drug-likeness (QED) is 0.722. The van der Waals surface area contributed by atoms with Crippen molar-refractivity contribution in [2.45, 2.75) is 9.92 Å². The molecule has 1 heterocycles. The van der Waals surface area contributed by atoms with Crippen LogP contribution in [0.15, 0.2) is 46.7 Å². The Bertz CT molecular complexity index is 781. The number of nitrogens with zero attached hydrogens (tertiary/aromatic N) is 1. The molecule has 0 saturated carbocycles. The van der Waals surface area contributed by atoms with E-state index in [9.17, 15) is 16.8 Å². The van der Waals surface area contributed by atoms with Gasteiger partial charge >= 0.3 is 0 Å². The average molecular weight is 302 g/mol. The van der Waals surface area contributed by atoms with E-state index in [1.54, 1.807) is 0 Å². The summed E-state index contributed by atoms with van der Waals surface area (Å²) in [4.78, 5) is 5.85. The topological polar surface area (TPSA) is 135 Å². The molecule has 10 heteroatoms. The highest BCUT2D eigenvalue weighted by Crippen LogP contribution is 2.17. The van der Waals surface area contributed by atoms with E-state index >= 15 is 0 Å². The Morgan fingerprint density at radius 3 is 2.53 bits per heavy atom. The maximum Gasteiger partial charge on any atom is 0.278 e. The number of nitrogens with one attached hydrogen (secondary N) is 2. The van der Waals surface area contributed by atoms with E-state index in [1.165, 1.54) is 24.5 Å². The molecule has 0 aliphatic rings. The predicted molar refractivity (Wildman–Crippen MR) is 67.2 cm³/mol. The monoisotopic (exact) mass is 302 g/mol. The first kappa shape index (κ1) is 13.5.